The summed E-state index contributed by atoms with van der Waals surface area (Å²) in [5.41, 5.74) is 1.12. The van der Waals surface area contributed by atoms with Gasteiger partial charge in [0.2, 0.25) is 5.16 Å². The predicted molar refractivity (Wildman–Crippen MR) is 73.6 cm³/mol. The van der Waals surface area contributed by atoms with Crippen molar-refractivity contribution in [1.82, 2.24) is 25.2 Å². The molecule has 0 saturated carbocycles. The van der Waals surface area contributed by atoms with E-state index in [9.17, 15) is 0 Å². The summed E-state index contributed by atoms with van der Waals surface area (Å²) < 4.78 is 1.68. The molecule has 0 fully saturated rings. The van der Waals surface area contributed by atoms with Gasteiger partial charge in [-0.2, -0.15) is 0 Å². The van der Waals surface area contributed by atoms with Crippen molar-refractivity contribution in [2.75, 3.05) is 0 Å². The van der Waals surface area contributed by atoms with Crippen LogP contribution >= 0.6 is 23.1 Å². The van der Waals surface area contributed by atoms with Gasteiger partial charge in [-0.05, 0) is 29.2 Å². The van der Waals surface area contributed by atoms with E-state index in [4.69, 9.17) is 0 Å². The molecule has 18 heavy (non-hydrogen) atoms. The molecule has 0 N–H and O–H groups in total. The van der Waals surface area contributed by atoms with Gasteiger partial charge in [0.1, 0.15) is 0 Å². The van der Waals surface area contributed by atoms with E-state index in [0.29, 0.717) is 0 Å². The average molecular weight is 283 g/mol. The summed E-state index contributed by atoms with van der Waals surface area (Å²) in [6, 6.07) is 0. The molecule has 98 valence electrons. The molecule has 0 aliphatic heterocycles. The first-order valence-electron chi connectivity index (χ1n) is 5.93. The third-order valence-electron chi connectivity index (χ3n) is 2.47. The minimum absolute atomic E-state index is 0.733. The van der Waals surface area contributed by atoms with Gasteiger partial charge in [0.15, 0.2) is 0 Å². The molecule has 0 aromatic carbocycles. The molecule has 7 heteroatoms. The highest BCUT2D eigenvalue weighted by molar-refractivity contribution is 7.98. The lowest BCUT2D eigenvalue weighted by molar-refractivity contribution is 0.585. The predicted octanol–water partition coefficient (Wildman–Crippen LogP) is 2.55. The second-order valence-electron chi connectivity index (χ2n) is 4.54. The lowest BCUT2D eigenvalue weighted by Crippen LogP contribution is -1.94. The Morgan fingerprint density at radius 2 is 2.28 bits per heavy atom. The Morgan fingerprint density at radius 3 is 2.94 bits per heavy atom. The van der Waals surface area contributed by atoms with Crippen molar-refractivity contribution in [3.63, 3.8) is 0 Å². The zero-order valence-corrected chi connectivity index (χ0v) is 12.5. The first kappa shape index (κ1) is 13.5. The lowest BCUT2D eigenvalue weighted by atomic mass is 10.1. The third-order valence-corrected chi connectivity index (χ3v) is 4.47. The molecule has 0 atom stereocenters. The Kier molecular flexibility index (Phi) is 4.71. The monoisotopic (exact) mass is 283 g/mol. The standard InChI is InChI=1S/C11H17N5S2/c1-8(2)4-5-10-12-9(6-17-10)7-18-11-13-14-15-16(11)3/h6,8H,4-5,7H2,1-3H3. The van der Waals surface area contributed by atoms with Gasteiger partial charge in [0, 0.05) is 18.2 Å². The maximum Gasteiger partial charge on any atom is 0.209 e. The van der Waals surface area contributed by atoms with Gasteiger partial charge in [-0.25, -0.2) is 9.67 Å². The van der Waals surface area contributed by atoms with Gasteiger partial charge < -0.3 is 0 Å². The number of thioether (sulfide) groups is 1. The van der Waals surface area contributed by atoms with Gasteiger partial charge in [-0.1, -0.05) is 25.6 Å². The quantitative estimate of drug-likeness (QED) is 0.763. The van der Waals surface area contributed by atoms with Crippen molar-refractivity contribution < 1.29 is 0 Å². The van der Waals surface area contributed by atoms with Crippen LogP contribution in [0, 0.1) is 5.92 Å². The highest BCUT2D eigenvalue weighted by Gasteiger charge is 2.07. The van der Waals surface area contributed by atoms with Crippen molar-refractivity contribution in [1.29, 1.82) is 0 Å². The lowest BCUT2D eigenvalue weighted by Gasteiger charge is -2.00. The largest absolute Gasteiger partial charge is 0.245 e. The van der Waals surface area contributed by atoms with Gasteiger partial charge in [0.05, 0.1) is 10.7 Å². The fourth-order valence-corrected chi connectivity index (χ4v) is 3.09. The van der Waals surface area contributed by atoms with Crippen LogP contribution in [0.3, 0.4) is 0 Å². The molecule has 0 unspecified atom stereocenters. The number of aromatic nitrogens is 5. The van der Waals surface area contributed by atoms with Crippen LogP contribution in [0.15, 0.2) is 10.5 Å². The minimum atomic E-state index is 0.733. The summed E-state index contributed by atoms with van der Waals surface area (Å²) in [7, 11) is 1.84. The molecule has 0 saturated heterocycles. The van der Waals surface area contributed by atoms with E-state index < -0.39 is 0 Å². The summed E-state index contributed by atoms with van der Waals surface area (Å²) >= 11 is 3.37. The summed E-state index contributed by atoms with van der Waals surface area (Å²) in [4.78, 5) is 4.63. The normalized spacial score (nSPS) is 11.3. The molecule has 2 heterocycles. The average Bonchev–Trinajstić information content (AvgIpc) is 2.93. The summed E-state index contributed by atoms with van der Waals surface area (Å²) in [5.74, 6) is 1.56. The number of nitrogens with zero attached hydrogens (tertiary/aromatic N) is 5. The van der Waals surface area contributed by atoms with Crippen molar-refractivity contribution in [3.05, 3.63) is 16.1 Å². The van der Waals surface area contributed by atoms with Gasteiger partial charge in [-0.15, -0.1) is 16.4 Å². The SMILES string of the molecule is CC(C)CCc1nc(CSc2nnnn2C)cs1. The highest BCUT2D eigenvalue weighted by atomic mass is 32.2. The minimum Gasteiger partial charge on any atom is -0.245 e. The number of rotatable bonds is 6. The number of hydrogen-bond acceptors (Lipinski definition) is 6. The Labute approximate surface area is 115 Å². The Morgan fingerprint density at radius 1 is 1.44 bits per heavy atom. The van der Waals surface area contributed by atoms with Gasteiger partial charge in [-0.3, -0.25) is 0 Å². The maximum absolute atomic E-state index is 4.63. The molecular formula is C11H17N5S2. The Hall–Kier alpha value is -0.950. The smallest absolute Gasteiger partial charge is 0.209 e. The summed E-state index contributed by atoms with van der Waals surface area (Å²) in [6.07, 6.45) is 2.28. The molecular weight excluding hydrogens is 266 g/mol. The fourth-order valence-electron chi connectivity index (χ4n) is 1.42. The third kappa shape index (κ3) is 3.78. The van der Waals surface area contributed by atoms with Crippen LogP contribution in [0.25, 0.3) is 0 Å². The van der Waals surface area contributed by atoms with E-state index in [1.807, 2.05) is 7.05 Å². The van der Waals surface area contributed by atoms with Gasteiger partial charge in [0.25, 0.3) is 0 Å². The van der Waals surface area contributed by atoms with Crippen LogP contribution in [0.1, 0.15) is 31.0 Å². The number of aryl methyl sites for hydroxylation is 2. The molecule has 0 aliphatic carbocycles. The molecule has 0 bridgehead atoms. The zero-order chi connectivity index (χ0) is 13.0. The molecule has 0 amide bonds. The number of tetrazole rings is 1. The van der Waals surface area contributed by atoms with Crippen LogP contribution in [-0.2, 0) is 19.2 Å². The topological polar surface area (TPSA) is 56.5 Å². The second kappa shape index (κ2) is 6.29. The number of thiazole rings is 1. The summed E-state index contributed by atoms with van der Waals surface area (Å²) in [6.45, 7) is 4.48. The fraction of sp³-hybridized carbons (Fsp3) is 0.636. The van der Waals surface area contributed by atoms with E-state index in [0.717, 1.165) is 28.9 Å². The first-order chi connectivity index (χ1) is 8.65. The Balaban J connectivity index is 1.85. The molecule has 2 rings (SSSR count). The highest BCUT2D eigenvalue weighted by Crippen LogP contribution is 2.21. The molecule has 0 spiro atoms. The summed E-state index contributed by atoms with van der Waals surface area (Å²) in [5, 5.41) is 15.5. The Bertz CT molecular complexity index is 491. The van der Waals surface area contributed by atoms with E-state index in [2.05, 4.69) is 39.7 Å². The zero-order valence-electron chi connectivity index (χ0n) is 10.8. The second-order valence-corrected chi connectivity index (χ2v) is 6.42. The van der Waals surface area contributed by atoms with Crippen molar-refractivity contribution in [2.24, 2.45) is 13.0 Å². The van der Waals surface area contributed by atoms with Crippen molar-refractivity contribution in [2.45, 2.75) is 37.6 Å². The van der Waals surface area contributed by atoms with Crippen molar-refractivity contribution in [3.8, 4) is 0 Å². The van der Waals surface area contributed by atoms with E-state index in [-0.39, 0.29) is 0 Å². The number of hydrogen-bond donors (Lipinski definition) is 0. The molecule has 5 nitrogen and oxygen atoms in total. The molecule has 2 aromatic rings. The van der Waals surface area contributed by atoms with Crippen LogP contribution in [0.5, 0.6) is 0 Å². The molecule has 0 radical (unpaired) electrons. The first-order valence-corrected chi connectivity index (χ1v) is 7.80. The van der Waals surface area contributed by atoms with Crippen LogP contribution < -0.4 is 0 Å². The van der Waals surface area contributed by atoms with Crippen molar-refractivity contribution >= 4 is 23.1 Å². The van der Waals surface area contributed by atoms with Crippen LogP contribution in [0.4, 0.5) is 0 Å². The van der Waals surface area contributed by atoms with Gasteiger partial charge >= 0.3 is 0 Å². The van der Waals surface area contributed by atoms with E-state index in [1.165, 1.54) is 11.4 Å². The van der Waals surface area contributed by atoms with Crippen LogP contribution in [-0.4, -0.2) is 25.2 Å². The molecule has 0 aliphatic rings. The maximum atomic E-state index is 4.63. The van der Waals surface area contributed by atoms with E-state index >= 15 is 0 Å². The van der Waals surface area contributed by atoms with E-state index in [1.54, 1.807) is 27.8 Å². The molecule has 2 aromatic heterocycles. The van der Waals surface area contributed by atoms with Crippen LogP contribution in [0.2, 0.25) is 0 Å².